The molecule has 1 amide bonds. The zero-order valence-corrected chi connectivity index (χ0v) is 12.9. The van der Waals surface area contributed by atoms with Crippen LogP contribution in [0.2, 0.25) is 0 Å². The summed E-state index contributed by atoms with van der Waals surface area (Å²) in [7, 11) is 0. The Bertz CT molecular complexity index is 712. The number of carbonyl (C=O) groups is 1. The summed E-state index contributed by atoms with van der Waals surface area (Å²) < 4.78 is 1.81. The molecule has 1 aromatic heterocycles. The minimum absolute atomic E-state index is 0.0801. The van der Waals surface area contributed by atoms with Crippen molar-refractivity contribution in [2.24, 2.45) is 0 Å². The van der Waals surface area contributed by atoms with Gasteiger partial charge in [-0.15, -0.1) is 0 Å². The van der Waals surface area contributed by atoms with Crippen LogP contribution in [0.1, 0.15) is 5.82 Å². The number of nitrogen functional groups attached to an aromatic ring is 1. The molecule has 0 aliphatic heterocycles. The predicted molar refractivity (Wildman–Crippen MR) is 85.4 cm³/mol. The molecule has 6 nitrogen and oxygen atoms in total. The van der Waals surface area contributed by atoms with Gasteiger partial charge in [-0.3, -0.25) is 14.2 Å². The van der Waals surface area contributed by atoms with Gasteiger partial charge in [0.25, 0.3) is 5.56 Å². The molecule has 104 valence electrons. The van der Waals surface area contributed by atoms with Crippen LogP contribution in [-0.4, -0.2) is 15.5 Å². The van der Waals surface area contributed by atoms with Crippen molar-refractivity contribution in [1.82, 2.24) is 9.55 Å². The van der Waals surface area contributed by atoms with Gasteiger partial charge in [0.15, 0.2) is 0 Å². The van der Waals surface area contributed by atoms with Crippen LogP contribution < -0.4 is 16.6 Å². The van der Waals surface area contributed by atoms with Gasteiger partial charge in [0, 0.05) is 17.6 Å². The Morgan fingerprint density at radius 1 is 1.50 bits per heavy atom. The molecule has 0 saturated carbocycles. The molecule has 0 aliphatic carbocycles. The number of carbonyl (C=O) groups excluding carboxylic acids is 1. The molecule has 0 aliphatic rings. The lowest BCUT2D eigenvalue weighted by atomic mass is 10.3. The molecule has 1 aromatic carbocycles. The molecule has 0 radical (unpaired) electrons. The number of nitrogens with two attached hydrogens (primary N) is 1. The molecule has 1 heterocycles. The van der Waals surface area contributed by atoms with Crippen molar-refractivity contribution in [3.63, 3.8) is 0 Å². The van der Waals surface area contributed by atoms with E-state index in [4.69, 9.17) is 5.73 Å². The van der Waals surface area contributed by atoms with Crippen LogP contribution in [0.4, 0.5) is 11.4 Å². The van der Waals surface area contributed by atoms with Gasteiger partial charge in [-0.1, -0.05) is 6.07 Å². The molecule has 0 fully saturated rings. The maximum Gasteiger partial charge on any atom is 0.267 e. The third-order valence-corrected chi connectivity index (χ3v) is 3.42. The third-order valence-electron chi connectivity index (χ3n) is 2.68. The summed E-state index contributed by atoms with van der Waals surface area (Å²) in [5.74, 6) is 0.197. The highest BCUT2D eigenvalue weighted by atomic mass is 127. The monoisotopic (exact) mass is 384 g/mol. The highest BCUT2D eigenvalue weighted by Gasteiger charge is 2.10. The summed E-state index contributed by atoms with van der Waals surface area (Å²) in [6.07, 6.45) is 1.49. The number of benzene rings is 1. The van der Waals surface area contributed by atoms with Gasteiger partial charge in [-0.25, -0.2) is 4.98 Å². The van der Waals surface area contributed by atoms with Gasteiger partial charge in [0.1, 0.15) is 12.4 Å². The van der Waals surface area contributed by atoms with Crippen LogP contribution in [-0.2, 0) is 11.3 Å². The number of hydrogen-bond acceptors (Lipinski definition) is 4. The number of nitrogens with one attached hydrogen (secondary N) is 1. The predicted octanol–water partition coefficient (Wildman–Crippen LogP) is 1.38. The van der Waals surface area contributed by atoms with Crippen molar-refractivity contribution in [3.8, 4) is 0 Å². The lowest BCUT2D eigenvalue weighted by molar-refractivity contribution is -0.116. The Morgan fingerprint density at radius 3 is 2.95 bits per heavy atom. The van der Waals surface area contributed by atoms with Crippen molar-refractivity contribution in [2.45, 2.75) is 13.5 Å². The Balaban J connectivity index is 2.17. The van der Waals surface area contributed by atoms with Crippen LogP contribution in [0.25, 0.3) is 0 Å². The maximum absolute atomic E-state index is 12.0. The fraction of sp³-hybridized carbons (Fsp3) is 0.154. The number of hydrogen-bond donors (Lipinski definition) is 2. The van der Waals surface area contributed by atoms with E-state index >= 15 is 0 Å². The van der Waals surface area contributed by atoms with Crippen molar-refractivity contribution in [3.05, 3.63) is 50.2 Å². The first-order valence-electron chi connectivity index (χ1n) is 5.84. The summed E-state index contributed by atoms with van der Waals surface area (Å²) in [6.45, 7) is 1.61. The Kier molecular flexibility index (Phi) is 4.38. The minimum Gasteiger partial charge on any atom is -0.399 e. The highest BCUT2D eigenvalue weighted by molar-refractivity contribution is 14.1. The maximum atomic E-state index is 12.0. The number of halogens is 1. The van der Waals surface area contributed by atoms with Crippen LogP contribution >= 0.6 is 22.6 Å². The van der Waals surface area contributed by atoms with Gasteiger partial charge in [0.05, 0.1) is 3.57 Å². The number of nitrogens with zero attached hydrogens (tertiary/aromatic N) is 2. The summed E-state index contributed by atoms with van der Waals surface area (Å²) >= 11 is 1.90. The number of aromatic nitrogens is 2. The SMILES string of the molecule is Cc1ncc(I)c(=O)n1CC(=O)Nc1cccc(N)c1. The Morgan fingerprint density at radius 2 is 2.25 bits per heavy atom. The quantitative estimate of drug-likeness (QED) is 0.618. The lowest BCUT2D eigenvalue weighted by Crippen LogP contribution is -2.31. The van der Waals surface area contributed by atoms with Gasteiger partial charge < -0.3 is 11.1 Å². The fourth-order valence-corrected chi connectivity index (χ4v) is 2.13. The Labute approximate surface area is 129 Å². The van der Waals surface area contributed by atoms with Gasteiger partial charge in [-0.05, 0) is 47.7 Å². The molecule has 0 saturated heterocycles. The van der Waals surface area contributed by atoms with Gasteiger partial charge in [-0.2, -0.15) is 0 Å². The van der Waals surface area contributed by atoms with E-state index in [1.54, 1.807) is 31.2 Å². The molecule has 20 heavy (non-hydrogen) atoms. The van der Waals surface area contributed by atoms with E-state index in [2.05, 4.69) is 10.3 Å². The summed E-state index contributed by atoms with van der Waals surface area (Å²) in [5, 5.41) is 2.70. The average molecular weight is 384 g/mol. The van der Waals surface area contributed by atoms with Crippen molar-refractivity contribution >= 4 is 39.9 Å². The van der Waals surface area contributed by atoms with E-state index in [1.807, 2.05) is 22.6 Å². The molecular weight excluding hydrogens is 371 g/mol. The van der Waals surface area contributed by atoms with E-state index in [1.165, 1.54) is 10.8 Å². The Hall–Kier alpha value is -1.90. The van der Waals surface area contributed by atoms with Crippen molar-refractivity contribution in [1.29, 1.82) is 0 Å². The topological polar surface area (TPSA) is 90.0 Å². The highest BCUT2D eigenvalue weighted by Crippen LogP contribution is 2.11. The molecule has 0 atom stereocenters. The van der Waals surface area contributed by atoms with Crippen molar-refractivity contribution in [2.75, 3.05) is 11.1 Å². The van der Waals surface area contributed by atoms with Crippen molar-refractivity contribution < 1.29 is 4.79 Å². The lowest BCUT2D eigenvalue weighted by Gasteiger charge is -2.10. The van der Waals surface area contributed by atoms with E-state index < -0.39 is 0 Å². The first-order chi connectivity index (χ1) is 9.47. The zero-order chi connectivity index (χ0) is 14.7. The zero-order valence-electron chi connectivity index (χ0n) is 10.8. The largest absolute Gasteiger partial charge is 0.399 e. The standard InChI is InChI=1S/C13H13IN4O2/c1-8-16-6-11(14)13(20)18(8)7-12(19)17-10-4-2-3-9(15)5-10/h2-6H,7,15H2,1H3,(H,17,19). The first kappa shape index (κ1) is 14.5. The number of anilines is 2. The van der Waals surface area contributed by atoms with Crippen LogP contribution in [0.15, 0.2) is 35.3 Å². The summed E-state index contributed by atoms with van der Waals surface area (Å²) in [5.41, 5.74) is 6.57. The molecule has 2 aromatic rings. The van der Waals surface area contributed by atoms with E-state index in [0.717, 1.165) is 0 Å². The first-order valence-corrected chi connectivity index (χ1v) is 6.92. The molecule has 2 rings (SSSR count). The van der Waals surface area contributed by atoms with E-state index in [9.17, 15) is 9.59 Å². The second-order valence-electron chi connectivity index (χ2n) is 4.22. The molecule has 7 heteroatoms. The van der Waals surface area contributed by atoms with Crippen LogP contribution in [0.3, 0.4) is 0 Å². The number of aryl methyl sites for hydroxylation is 1. The molecule has 0 unspecified atom stereocenters. The molecular formula is C13H13IN4O2. The van der Waals surface area contributed by atoms with Gasteiger partial charge in [0.2, 0.25) is 5.91 Å². The smallest absolute Gasteiger partial charge is 0.267 e. The average Bonchev–Trinajstić information content (AvgIpc) is 2.39. The fourth-order valence-electron chi connectivity index (χ4n) is 1.70. The number of rotatable bonds is 3. The second-order valence-corrected chi connectivity index (χ2v) is 5.38. The van der Waals surface area contributed by atoms with Gasteiger partial charge >= 0.3 is 0 Å². The molecule has 0 spiro atoms. The second kappa shape index (κ2) is 6.04. The summed E-state index contributed by atoms with van der Waals surface area (Å²) in [6, 6.07) is 6.86. The van der Waals surface area contributed by atoms with Crippen LogP contribution in [0.5, 0.6) is 0 Å². The van der Waals surface area contributed by atoms with E-state index in [-0.39, 0.29) is 18.0 Å². The third kappa shape index (κ3) is 3.35. The molecule has 0 bridgehead atoms. The summed E-state index contributed by atoms with van der Waals surface area (Å²) in [4.78, 5) is 28.0. The van der Waals surface area contributed by atoms with Crippen LogP contribution in [0, 0.1) is 10.5 Å². The van der Waals surface area contributed by atoms with E-state index in [0.29, 0.717) is 20.8 Å². The minimum atomic E-state index is -0.301. The molecule has 3 N–H and O–H groups in total. The number of amides is 1. The normalized spacial score (nSPS) is 10.3.